The Balaban J connectivity index is 0.930. The summed E-state index contributed by atoms with van der Waals surface area (Å²) in [6, 6.07) is 85.9. The average Bonchev–Trinajstić information content (AvgIpc) is 3.94. The van der Waals surface area contributed by atoms with Crippen LogP contribution in [0.3, 0.4) is 0 Å². The molecule has 2 heteroatoms. The molecule has 0 atom stereocenters. The normalized spacial score (nSPS) is 11.9. The Morgan fingerprint density at radius 1 is 0.167 bits per heavy atom. The molecule has 0 aliphatic carbocycles. The summed E-state index contributed by atoms with van der Waals surface area (Å²) >= 11 is 3.77. The van der Waals surface area contributed by atoms with Crippen LogP contribution in [0.2, 0.25) is 0 Å². The van der Waals surface area contributed by atoms with Crippen molar-refractivity contribution in [2.75, 3.05) is 0 Å². The fourth-order valence-corrected chi connectivity index (χ4v) is 13.1. The minimum atomic E-state index is 1.24. The van der Waals surface area contributed by atoms with Gasteiger partial charge in [0.25, 0.3) is 0 Å². The van der Waals surface area contributed by atoms with Gasteiger partial charge in [0.05, 0.1) is 0 Å². The number of benzene rings is 12. The zero-order valence-electron chi connectivity index (χ0n) is 35.8. The third-order valence-corrected chi connectivity index (χ3v) is 16.1. The molecule has 0 radical (unpaired) electrons. The van der Waals surface area contributed by atoms with Gasteiger partial charge in [-0.3, -0.25) is 0 Å². The highest BCUT2D eigenvalue weighted by atomic mass is 32.1. The third-order valence-electron chi connectivity index (χ3n) is 13.8. The van der Waals surface area contributed by atoms with Crippen LogP contribution in [0.15, 0.2) is 231 Å². The maximum atomic E-state index is 2.45. The molecule has 0 aliphatic rings. The average molecular weight is 871 g/mol. The molecule has 0 amide bonds. The van der Waals surface area contributed by atoms with Gasteiger partial charge in [-0.15, -0.1) is 22.7 Å². The second kappa shape index (κ2) is 14.8. The fourth-order valence-electron chi connectivity index (χ4n) is 10.9. The molecule has 0 unspecified atom stereocenters. The van der Waals surface area contributed by atoms with Crippen LogP contribution < -0.4 is 0 Å². The van der Waals surface area contributed by atoms with Gasteiger partial charge in [-0.2, -0.15) is 0 Å². The lowest BCUT2D eigenvalue weighted by atomic mass is 9.85. The molecular formula is C64H38S2. The molecule has 0 N–H and O–H groups in total. The van der Waals surface area contributed by atoms with Crippen LogP contribution >= 0.6 is 22.7 Å². The van der Waals surface area contributed by atoms with Crippen LogP contribution in [0, 0.1) is 0 Å². The molecule has 0 fully saturated rings. The van der Waals surface area contributed by atoms with Crippen LogP contribution in [0.1, 0.15) is 0 Å². The third kappa shape index (κ3) is 5.76. The van der Waals surface area contributed by atoms with Gasteiger partial charge in [0.1, 0.15) is 0 Å². The van der Waals surface area contributed by atoms with E-state index in [0.717, 1.165) is 0 Å². The van der Waals surface area contributed by atoms with Crippen molar-refractivity contribution in [3.05, 3.63) is 231 Å². The monoisotopic (exact) mass is 870 g/mol. The van der Waals surface area contributed by atoms with Crippen molar-refractivity contribution in [1.82, 2.24) is 0 Å². The Bertz CT molecular complexity index is 4150. The highest BCUT2D eigenvalue weighted by Gasteiger charge is 2.21. The molecule has 2 heterocycles. The predicted octanol–water partition coefficient (Wildman–Crippen LogP) is 19.4. The van der Waals surface area contributed by atoms with Gasteiger partial charge in [0, 0.05) is 40.3 Å². The van der Waals surface area contributed by atoms with Crippen molar-refractivity contribution in [2.45, 2.75) is 0 Å². The molecule has 14 aromatic rings. The van der Waals surface area contributed by atoms with Crippen molar-refractivity contribution < 1.29 is 0 Å². The van der Waals surface area contributed by atoms with E-state index >= 15 is 0 Å². The topological polar surface area (TPSA) is 0 Å². The summed E-state index contributed by atoms with van der Waals surface area (Å²) in [4.78, 5) is 0. The van der Waals surface area contributed by atoms with Gasteiger partial charge in [0.15, 0.2) is 0 Å². The molecule has 0 bridgehead atoms. The summed E-state index contributed by atoms with van der Waals surface area (Å²) in [6.07, 6.45) is 0. The second-order valence-electron chi connectivity index (χ2n) is 17.5. The summed E-state index contributed by atoms with van der Waals surface area (Å²) in [6.45, 7) is 0. The summed E-state index contributed by atoms with van der Waals surface area (Å²) in [5.41, 5.74) is 12.6. The van der Waals surface area contributed by atoms with E-state index in [9.17, 15) is 0 Å². The largest absolute Gasteiger partial charge is 0.135 e. The van der Waals surface area contributed by atoms with Crippen molar-refractivity contribution in [2.24, 2.45) is 0 Å². The zero-order chi connectivity index (χ0) is 43.3. The standard InChI is InChI=1S/C64H38S2/c1-3-15-39(16-4-1)41-28-32-58-55(35-41)56-37-43(30-34-59(56)65-58)63-50-23-11-13-25-52(50)64(53-26-14-12-24-51(53)63)44-27-31-45-54-36-42(29-33-57(54)66-60(45)38-44)62-48-21-9-7-19-46(48)61(40-17-5-2-6-18-40)47-20-8-10-22-49(47)62/h1-38H. The van der Waals surface area contributed by atoms with Gasteiger partial charge in [-0.05, 0) is 141 Å². The van der Waals surface area contributed by atoms with E-state index in [0.29, 0.717) is 0 Å². The Kier molecular flexibility index (Phi) is 8.43. The summed E-state index contributed by atoms with van der Waals surface area (Å²) in [5, 5.41) is 15.4. The molecule has 12 aromatic carbocycles. The molecule has 0 nitrogen and oxygen atoms in total. The van der Waals surface area contributed by atoms with Crippen molar-refractivity contribution in [3.8, 4) is 55.6 Å². The molecule has 0 spiro atoms. The lowest BCUT2D eigenvalue weighted by molar-refractivity contribution is 1.66. The lowest BCUT2D eigenvalue weighted by Gasteiger charge is -2.18. The maximum Gasteiger partial charge on any atom is 0.0361 e. The van der Waals surface area contributed by atoms with Gasteiger partial charge >= 0.3 is 0 Å². The quantitative estimate of drug-likeness (QED) is 0.151. The van der Waals surface area contributed by atoms with E-state index < -0.39 is 0 Å². The molecule has 2 aromatic heterocycles. The molecule has 14 rings (SSSR count). The Hall–Kier alpha value is -7.88. The Morgan fingerprint density at radius 2 is 0.470 bits per heavy atom. The molecular weight excluding hydrogens is 833 g/mol. The van der Waals surface area contributed by atoms with E-state index in [1.54, 1.807) is 0 Å². The minimum Gasteiger partial charge on any atom is -0.135 e. The maximum absolute atomic E-state index is 2.45. The van der Waals surface area contributed by atoms with Gasteiger partial charge in [0.2, 0.25) is 0 Å². The molecule has 0 saturated heterocycles. The van der Waals surface area contributed by atoms with Crippen LogP contribution in [-0.2, 0) is 0 Å². The summed E-state index contributed by atoms with van der Waals surface area (Å²) < 4.78 is 5.24. The Morgan fingerprint density at radius 3 is 0.909 bits per heavy atom. The summed E-state index contributed by atoms with van der Waals surface area (Å²) in [5.74, 6) is 0. The Labute approximate surface area is 389 Å². The first-order valence-corrected chi connectivity index (χ1v) is 24.3. The molecule has 0 aliphatic heterocycles. The van der Waals surface area contributed by atoms with E-state index in [4.69, 9.17) is 0 Å². The van der Waals surface area contributed by atoms with Gasteiger partial charge in [-0.25, -0.2) is 0 Å². The van der Waals surface area contributed by atoms with Crippen molar-refractivity contribution in [1.29, 1.82) is 0 Å². The van der Waals surface area contributed by atoms with Gasteiger partial charge in [-0.1, -0.05) is 188 Å². The number of rotatable bonds is 5. The number of fused-ring (bicyclic) bond motifs is 10. The minimum absolute atomic E-state index is 1.24. The highest BCUT2D eigenvalue weighted by molar-refractivity contribution is 7.26. The van der Waals surface area contributed by atoms with Crippen molar-refractivity contribution >= 4 is 106 Å². The van der Waals surface area contributed by atoms with Crippen molar-refractivity contribution in [3.63, 3.8) is 0 Å². The smallest absolute Gasteiger partial charge is 0.0361 e. The van der Waals surface area contributed by atoms with E-state index in [2.05, 4.69) is 231 Å². The second-order valence-corrected chi connectivity index (χ2v) is 19.6. The number of hydrogen-bond acceptors (Lipinski definition) is 2. The molecule has 306 valence electrons. The zero-order valence-corrected chi connectivity index (χ0v) is 37.4. The van der Waals surface area contributed by atoms with Crippen LogP contribution in [0.25, 0.3) is 139 Å². The number of thiophene rings is 2. The van der Waals surface area contributed by atoms with E-state index in [1.165, 1.54) is 139 Å². The predicted molar refractivity (Wildman–Crippen MR) is 289 cm³/mol. The first-order valence-electron chi connectivity index (χ1n) is 22.6. The highest BCUT2D eigenvalue weighted by Crippen LogP contribution is 2.49. The fraction of sp³-hybridized carbons (Fsp3) is 0. The van der Waals surface area contributed by atoms with Crippen LogP contribution in [-0.4, -0.2) is 0 Å². The molecule has 0 saturated carbocycles. The number of hydrogen-bond donors (Lipinski definition) is 0. The van der Waals surface area contributed by atoms with Gasteiger partial charge < -0.3 is 0 Å². The summed E-state index contributed by atoms with van der Waals surface area (Å²) in [7, 11) is 0. The lowest BCUT2D eigenvalue weighted by Crippen LogP contribution is -1.91. The first kappa shape index (κ1) is 37.5. The SMILES string of the molecule is c1ccc(-c2ccc3sc4ccc(-c5c6ccccc6c(-c6ccc7c(c6)sc6ccc(-c8c9ccccc9c(-c9ccccc9)c9ccccc89)cc67)c6ccccc56)cc4c3c2)cc1. The van der Waals surface area contributed by atoms with E-state index in [-0.39, 0.29) is 0 Å². The van der Waals surface area contributed by atoms with Crippen LogP contribution in [0.5, 0.6) is 0 Å². The molecule has 66 heavy (non-hydrogen) atoms. The van der Waals surface area contributed by atoms with Crippen LogP contribution in [0.4, 0.5) is 0 Å². The van der Waals surface area contributed by atoms with E-state index in [1.807, 2.05) is 22.7 Å². The first-order chi connectivity index (χ1) is 32.7.